The van der Waals surface area contributed by atoms with Crippen LogP contribution in [0, 0.1) is 5.92 Å². The second-order valence-corrected chi connectivity index (χ2v) is 9.65. The molecule has 2 atom stereocenters. The van der Waals surface area contributed by atoms with Gasteiger partial charge in [-0.15, -0.1) is 6.58 Å². The Bertz CT molecular complexity index is 307. The Kier molecular flexibility index (Phi) is 7.09. The van der Waals surface area contributed by atoms with Crippen LogP contribution in [0.4, 0.5) is 0 Å². The third-order valence-electron chi connectivity index (χ3n) is 2.27. The Hall–Kier alpha value is -0.943. The van der Waals surface area contributed by atoms with Crippen LogP contribution in [0.15, 0.2) is 12.7 Å². The number of hydrogen-bond acceptors (Lipinski definition) is 4. The standard InChI is InChI=1S/C13H24O4Si/c1-7-10(3)13(17-18(4,5)6)11(14)9-12(15)16-8-2/h7,10,13H,1,8-9H2,2-6H3/t10-,13-/m0/s1. The van der Waals surface area contributed by atoms with Gasteiger partial charge in [-0.25, -0.2) is 0 Å². The van der Waals surface area contributed by atoms with Crippen molar-refractivity contribution in [2.75, 3.05) is 6.61 Å². The lowest BCUT2D eigenvalue weighted by atomic mass is 9.99. The average molecular weight is 272 g/mol. The summed E-state index contributed by atoms with van der Waals surface area (Å²) < 4.78 is 10.6. The van der Waals surface area contributed by atoms with E-state index in [1.165, 1.54) is 0 Å². The highest BCUT2D eigenvalue weighted by Crippen LogP contribution is 2.17. The molecule has 0 aromatic rings. The summed E-state index contributed by atoms with van der Waals surface area (Å²) in [6.07, 6.45) is 0.841. The molecule has 0 unspecified atom stereocenters. The predicted octanol–water partition coefficient (Wildman–Crippen LogP) is 2.55. The van der Waals surface area contributed by atoms with Crippen LogP contribution in [0.3, 0.4) is 0 Å². The van der Waals surface area contributed by atoms with E-state index in [9.17, 15) is 9.59 Å². The topological polar surface area (TPSA) is 52.6 Å². The van der Waals surface area contributed by atoms with Gasteiger partial charge in [0, 0.05) is 5.92 Å². The van der Waals surface area contributed by atoms with Crippen molar-refractivity contribution in [2.45, 2.75) is 46.0 Å². The largest absolute Gasteiger partial charge is 0.466 e. The minimum atomic E-state index is -1.85. The molecule has 0 saturated heterocycles. The first kappa shape index (κ1) is 17.1. The van der Waals surface area contributed by atoms with Crippen LogP contribution in [-0.4, -0.2) is 32.8 Å². The average Bonchev–Trinajstić information content (AvgIpc) is 2.23. The predicted molar refractivity (Wildman–Crippen MR) is 73.8 cm³/mol. The molecule has 0 heterocycles. The van der Waals surface area contributed by atoms with E-state index in [0.29, 0.717) is 0 Å². The highest BCUT2D eigenvalue weighted by atomic mass is 28.4. The van der Waals surface area contributed by atoms with Crippen LogP contribution in [0.25, 0.3) is 0 Å². The highest BCUT2D eigenvalue weighted by Gasteiger charge is 2.31. The molecule has 0 saturated carbocycles. The molecule has 0 aliphatic carbocycles. The third kappa shape index (κ3) is 6.71. The molecule has 0 aliphatic rings. The van der Waals surface area contributed by atoms with Crippen molar-refractivity contribution in [1.29, 1.82) is 0 Å². The second-order valence-electron chi connectivity index (χ2n) is 5.19. The lowest BCUT2D eigenvalue weighted by Gasteiger charge is -2.28. The van der Waals surface area contributed by atoms with E-state index in [-0.39, 0.29) is 24.7 Å². The Labute approximate surface area is 110 Å². The number of Topliss-reactive ketones (excluding diaryl/α,β-unsaturated/α-hetero) is 1. The van der Waals surface area contributed by atoms with Gasteiger partial charge in [-0.05, 0) is 26.6 Å². The Morgan fingerprint density at radius 1 is 1.33 bits per heavy atom. The summed E-state index contributed by atoms with van der Waals surface area (Å²) in [4.78, 5) is 23.4. The summed E-state index contributed by atoms with van der Waals surface area (Å²) >= 11 is 0. The number of ether oxygens (including phenoxy) is 1. The molecule has 0 aromatic heterocycles. The molecule has 0 rings (SSSR count). The molecule has 0 spiro atoms. The molecular formula is C13H24O4Si. The fraction of sp³-hybridized carbons (Fsp3) is 0.692. The van der Waals surface area contributed by atoms with Gasteiger partial charge >= 0.3 is 5.97 Å². The van der Waals surface area contributed by atoms with Gasteiger partial charge in [-0.1, -0.05) is 13.0 Å². The van der Waals surface area contributed by atoms with E-state index < -0.39 is 20.4 Å². The van der Waals surface area contributed by atoms with Crippen molar-refractivity contribution in [1.82, 2.24) is 0 Å². The fourth-order valence-electron chi connectivity index (χ4n) is 1.43. The van der Waals surface area contributed by atoms with Crippen LogP contribution in [0.5, 0.6) is 0 Å². The summed E-state index contributed by atoms with van der Waals surface area (Å²) in [5, 5.41) is 0. The van der Waals surface area contributed by atoms with Crippen molar-refractivity contribution in [3.05, 3.63) is 12.7 Å². The van der Waals surface area contributed by atoms with Crippen LogP contribution >= 0.6 is 0 Å². The van der Waals surface area contributed by atoms with Gasteiger partial charge in [-0.2, -0.15) is 0 Å². The van der Waals surface area contributed by atoms with Crippen LogP contribution in [0.1, 0.15) is 20.3 Å². The first-order valence-corrected chi connectivity index (χ1v) is 9.60. The summed E-state index contributed by atoms with van der Waals surface area (Å²) in [5.74, 6) is -0.843. The van der Waals surface area contributed by atoms with Gasteiger partial charge in [0.15, 0.2) is 14.1 Å². The van der Waals surface area contributed by atoms with E-state index in [0.717, 1.165) is 0 Å². The molecule has 0 bridgehead atoms. The van der Waals surface area contributed by atoms with Crippen LogP contribution in [0.2, 0.25) is 19.6 Å². The minimum absolute atomic E-state index is 0.112. The van der Waals surface area contributed by atoms with Gasteiger partial charge in [0.2, 0.25) is 0 Å². The quantitative estimate of drug-likeness (QED) is 0.295. The smallest absolute Gasteiger partial charge is 0.313 e. The van der Waals surface area contributed by atoms with Crippen LogP contribution in [-0.2, 0) is 18.8 Å². The maximum Gasteiger partial charge on any atom is 0.313 e. The fourth-order valence-corrected chi connectivity index (χ4v) is 2.53. The molecule has 5 heteroatoms. The third-order valence-corrected chi connectivity index (χ3v) is 3.23. The van der Waals surface area contributed by atoms with Crippen molar-refractivity contribution in [2.24, 2.45) is 5.92 Å². The Balaban J connectivity index is 4.70. The maximum atomic E-state index is 12.1. The lowest BCUT2D eigenvalue weighted by molar-refractivity contribution is -0.147. The number of hydrogen-bond donors (Lipinski definition) is 0. The first-order valence-electron chi connectivity index (χ1n) is 6.20. The van der Waals surface area contributed by atoms with E-state index in [1.807, 2.05) is 26.6 Å². The van der Waals surface area contributed by atoms with Crippen molar-refractivity contribution in [3.63, 3.8) is 0 Å². The normalized spacial score (nSPS) is 14.7. The number of esters is 1. The summed E-state index contributed by atoms with van der Waals surface area (Å²) in [6, 6.07) is 0. The number of rotatable bonds is 8. The summed E-state index contributed by atoms with van der Waals surface area (Å²) in [5.41, 5.74) is 0. The molecule has 0 amide bonds. The number of carbonyl (C=O) groups is 2. The van der Waals surface area contributed by atoms with E-state index in [2.05, 4.69) is 6.58 Å². The van der Waals surface area contributed by atoms with Crippen molar-refractivity contribution < 1.29 is 18.8 Å². The second kappa shape index (κ2) is 7.48. The van der Waals surface area contributed by atoms with Gasteiger partial charge < -0.3 is 9.16 Å². The van der Waals surface area contributed by atoms with Gasteiger partial charge in [0.1, 0.15) is 12.5 Å². The number of ketones is 1. The molecule has 0 fully saturated rings. The molecule has 0 N–H and O–H groups in total. The Morgan fingerprint density at radius 3 is 2.28 bits per heavy atom. The van der Waals surface area contributed by atoms with Crippen LogP contribution < -0.4 is 0 Å². The van der Waals surface area contributed by atoms with Crippen molar-refractivity contribution >= 4 is 20.1 Å². The molecule has 18 heavy (non-hydrogen) atoms. The van der Waals surface area contributed by atoms with E-state index in [1.54, 1.807) is 13.0 Å². The molecule has 0 aliphatic heterocycles. The summed E-state index contributed by atoms with van der Waals surface area (Å²) in [6.45, 7) is 13.6. The zero-order valence-electron chi connectivity index (χ0n) is 12.0. The van der Waals surface area contributed by atoms with Crippen molar-refractivity contribution in [3.8, 4) is 0 Å². The zero-order chi connectivity index (χ0) is 14.3. The van der Waals surface area contributed by atoms with Gasteiger partial charge in [0.25, 0.3) is 0 Å². The first-order chi connectivity index (χ1) is 8.21. The number of carbonyl (C=O) groups excluding carboxylic acids is 2. The lowest BCUT2D eigenvalue weighted by Crippen LogP contribution is -2.40. The van der Waals surface area contributed by atoms with E-state index in [4.69, 9.17) is 9.16 Å². The SMILES string of the molecule is C=C[C@H](C)[C@H](O[Si](C)(C)C)C(=O)CC(=O)OCC. The molecular weight excluding hydrogens is 248 g/mol. The monoisotopic (exact) mass is 272 g/mol. The zero-order valence-corrected chi connectivity index (χ0v) is 13.0. The van der Waals surface area contributed by atoms with Gasteiger partial charge in [0.05, 0.1) is 6.61 Å². The Morgan fingerprint density at radius 2 is 1.89 bits per heavy atom. The summed E-state index contributed by atoms with van der Waals surface area (Å²) in [7, 11) is -1.85. The van der Waals surface area contributed by atoms with Gasteiger partial charge in [-0.3, -0.25) is 9.59 Å². The molecule has 0 radical (unpaired) electrons. The van der Waals surface area contributed by atoms with E-state index >= 15 is 0 Å². The molecule has 0 aromatic carbocycles. The minimum Gasteiger partial charge on any atom is -0.466 e. The molecule has 104 valence electrons. The molecule has 4 nitrogen and oxygen atoms in total. The maximum absolute atomic E-state index is 12.1. The highest BCUT2D eigenvalue weighted by molar-refractivity contribution is 6.69.